The minimum absolute atomic E-state index is 0.0248. The van der Waals surface area contributed by atoms with Crippen LogP contribution in [0.5, 0.6) is 5.75 Å². The van der Waals surface area contributed by atoms with Gasteiger partial charge in [0.25, 0.3) is 5.91 Å². The zero-order valence-electron chi connectivity index (χ0n) is 34.8. The molecular formula is C43H47FN4O15. The van der Waals surface area contributed by atoms with E-state index in [2.05, 4.69) is 30.7 Å². The molecule has 0 radical (unpaired) electrons. The van der Waals surface area contributed by atoms with Crippen molar-refractivity contribution >= 4 is 58.3 Å². The maximum atomic E-state index is 14.1. The van der Waals surface area contributed by atoms with Gasteiger partial charge in [0.2, 0.25) is 17.7 Å². The Morgan fingerprint density at radius 3 is 2.06 bits per heavy atom. The van der Waals surface area contributed by atoms with E-state index < -0.39 is 115 Å². The Morgan fingerprint density at radius 1 is 0.778 bits per heavy atom. The summed E-state index contributed by atoms with van der Waals surface area (Å²) in [5.41, 5.74) is -0.0751. The number of alkyl halides is 1. The summed E-state index contributed by atoms with van der Waals surface area (Å²) in [6, 6.07) is 5.10. The van der Waals surface area contributed by atoms with Crippen molar-refractivity contribution in [2.24, 2.45) is 5.92 Å². The van der Waals surface area contributed by atoms with Crippen LogP contribution >= 0.6 is 0 Å². The minimum atomic E-state index is -1.84. The smallest absolute Gasteiger partial charge is 0.336 e. The number of fused-ring (bicyclic) bond motifs is 2. The summed E-state index contributed by atoms with van der Waals surface area (Å²) in [7, 11) is 2.09. The molecule has 0 saturated heterocycles. The number of carbonyl (C=O) groups excluding carboxylic acids is 7. The summed E-state index contributed by atoms with van der Waals surface area (Å²) in [4.78, 5) is 116. The van der Waals surface area contributed by atoms with Crippen LogP contribution in [-0.2, 0) is 38.2 Å². The number of phenols is 1. The number of rotatable bonds is 20. The maximum Gasteiger partial charge on any atom is 0.336 e. The number of aliphatic hydroxyl groups is 1. The lowest BCUT2D eigenvalue weighted by atomic mass is 9.89. The summed E-state index contributed by atoms with van der Waals surface area (Å²) in [5, 5.41) is 40.7. The molecule has 0 spiro atoms. The second-order valence-electron chi connectivity index (χ2n) is 14.6. The molecule has 0 bridgehead atoms. The molecule has 336 valence electrons. The lowest BCUT2D eigenvalue weighted by Gasteiger charge is -2.28. The number of benzene rings is 3. The number of hydrogen-bond acceptors (Lipinski definition) is 14. The Hall–Kier alpha value is -7.22. The number of carboxylic acid groups (broad SMARTS) is 1. The molecule has 1 aliphatic heterocycles. The van der Waals surface area contributed by atoms with Crippen molar-refractivity contribution in [3.8, 4) is 28.2 Å². The molecule has 1 aliphatic carbocycles. The molecule has 4 rings (SSSR count). The van der Waals surface area contributed by atoms with Crippen LogP contribution in [-0.4, -0.2) is 114 Å². The first-order chi connectivity index (χ1) is 29.8. The number of halogens is 1. The number of nitrogens with one attached hydrogen (secondary N) is 4. The third-order valence-electron chi connectivity index (χ3n) is 10.2. The van der Waals surface area contributed by atoms with Crippen LogP contribution in [0.4, 0.5) is 4.39 Å². The summed E-state index contributed by atoms with van der Waals surface area (Å²) in [5.74, 6) is -9.14. The molecule has 2 aromatic carbocycles. The minimum Gasteiger partial charge on any atom is -0.508 e. The van der Waals surface area contributed by atoms with Crippen molar-refractivity contribution in [3.05, 3.63) is 75.9 Å². The van der Waals surface area contributed by atoms with Crippen LogP contribution in [0.25, 0.3) is 33.4 Å². The van der Waals surface area contributed by atoms with Crippen molar-refractivity contribution in [1.82, 2.24) is 21.3 Å². The Balaban J connectivity index is 1.68. The first-order valence-electron chi connectivity index (χ1n) is 19.5. The first-order valence-corrected chi connectivity index (χ1v) is 19.5. The molecule has 0 aromatic heterocycles. The highest BCUT2D eigenvalue weighted by Crippen LogP contribution is 2.42. The zero-order chi connectivity index (χ0) is 46.7. The van der Waals surface area contributed by atoms with E-state index in [9.17, 15) is 62.9 Å². The zero-order valence-corrected chi connectivity index (χ0v) is 34.8. The van der Waals surface area contributed by atoms with Crippen molar-refractivity contribution in [1.29, 1.82) is 0 Å². The largest absolute Gasteiger partial charge is 0.508 e. The van der Waals surface area contributed by atoms with Crippen molar-refractivity contribution < 1.29 is 72.0 Å². The highest BCUT2D eigenvalue weighted by atomic mass is 19.1. The number of aliphatic hydroxyl groups excluding tert-OH is 1. The third-order valence-corrected chi connectivity index (χ3v) is 10.2. The van der Waals surface area contributed by atoms with Gasteiger partial charge in [-0.1, -0.05) is 20.3 Å². The predicted molar refractivity (Wildman–Crippen MR) is 220 cm³/mol. The summed E-state index contributed by atoms with van der Waals surface area (Å²) in [6.45, 7) is 2.88. The molecule has 0 fully saturated rings. The monoisotopic (exact) mass is 878 g/mol. The number of hydrogen-bond donors (Lipinski definition) is 7. The molecule has 2 aliphatic rings. The van der Waals surface area contributed by atoms with E-state index in [1.54, 1.807) is 13.8 Å². The number of ketones is 1. The van der Waals surface area contributed by atoms with E-state index in [-0.39, 0.29) is 39.3 Å². The maximum absolute atomic E-state index is 14.1. The molecule has 2 aromatic rings. The summed E-state index contributed by atoms with van der Waals surface area (Å²) >= 11 is 0. The van der Waals surface area contributed by atoms with Gasteiger partial charge in [0.05, 0.1) is 32.3 Å². The lowest BCUT2D eigenvalue weighted by molar-refractivity contribution is -0.144. The van der Waals surface area contributed by atoms with Crippen LogP contribution in [0.3, 0.4) is 0 Å². The average Bonchev–Trinajstić information content (AvgIpc) is 3.25. The number of carboxylic acids is 1. The van der Waals surface area contributed by atoms with Gasteiger partial charge in [-0.2, -0.15) is 0 Å². The number of methoxy groups -OCH3 is 2. The Labute approximate surface area is 358 Å². The Morgan fingerprint density at radius 2 is 1.44 bits per heavy atom. The second kappa shape index (κ2) is 21.5. The standard InChI is InChI=1S/C43H47FN4O15/c1-6-20(2)37(41(57)45-29(13-14-34(53)61-4)40(56)48-38(21(3)49)42(58)46-30(31(52)19-44)18-35(54)62-5)47-39(55)22-7-10-25(43(59)60)28(15-22)36-26-11-8-23(50)16-32(26)63-33-17-24(51)9-12-27(33)36/h7-12,15-17,20-21,29-30,37-38,49-50H,6,13-14,18-19H2,1-5H3,(H,45,57)(H,46,58)(H,47,55)(H,48,56)(H,59,60)/t20-,21+,29-,30-,37-,38-/m0/s1. The third kappa shape index (κ3) is 12.0. The molecule has 7 N–H and O–H groups in total. The second-order valence-corrected chi connectivity index (χ2v) is 14.6. The van der Waals surface area contributed by atoms with Gasteiger partial charge < -0.3 is 50.5 Å². The van der Waals surface area contributed by atoms with Gasteiger partial charge in [-0.25, -0.2) is 9.18 Å². The average molecular weight is 879 g/mol. The lowest BCUT2D eigenvalue weighted by Crippen LogP contribution is -2.60. The fourth-order valence-corrected chi connectivity index (χ4v) is 6.56. The van der Waals surface area contributed by atoms with Gasteiger partial charge in [-0.15, -0.1) is 0 Å². The van der Waals surface area contributed by atoms with E-state index in [4.69, 9.17) is 4.42 Å². The highest BCUT2D eigenvalue weighted by Gasteiger charge is 2.35. The number of amides is 4. The SMILES string of the molecule is CC[C@H](C)[C@H](NC(=O)c1ccc(C(=O)O)c(-c2c3ccc(=O)cc-3oc3cc(O)ccc23)c1)C(=O)N[C@@H](CCC(=O)OC)C(=O)N[C@H](C(=O)N[C@@H](CC(=O)OC)C(=O)CF)[C@@H](C)O. The van der Waals surface area contributed by atoms with Gasteiger partial charge in [0, 0.05) is 40.6 Å². The van der Waals surface area contributed by atoms with Crippen LogP contribution in [0.15, 0.2) is 63.8 Å². The fourth-order valence-electron chi connectivity index (χ4n) is 6.56. The molecule has 19 nitrogen and oxygen atoms in total. The van der Waals surface area contributed by atoms with Crippen LogP contribution in [0.1, 0.15) is 67.2 Å². The molecule has 0 unspecified atom stereocenters. The normalized spacial score (nSPS) is 14.0. The topological polar surface area (TPSA) is 294 Å². The van der Waals surface area contributed by atoms with E-state index in [0.717, 1.165) is 21.1 Å². The van der Waals surface area contributed by atoms with Crippen molar-refractivity contribution in [2.75, 3.05) is 20.9 Å². The number of aromatic hydroxyl groups is 1. The summed E-state index contributed by atoms with van der Waals surface area (Å²) in [6.07, 6.45) is -2.97. The quantitative estimate of drug-likeness (QED) is 0.0494. The van der Waals surface area contributed by atoms with Gasteiger partial charge in [-0.3, -0.25) is 38.4 Å². The Kier molecular flexibility index (Phi) is 16.6. The first kappa shape index (κ1) is 48.4. The molecule has 20 heteroatoms. The van der Waals surface area contributed by atoms with Gasteiger partial charge in [0.15, 0.2) is 11.2 Å². The molecule has 0 saturated carbocycles. The number of carbonyl (C=O) groups is 8. The van der Waals surface area contributed by atoms with Crippen LogP contribution < -0.4 is 26.7 Å². The van der Waals surface area contributed by atoms with Gasteiger partial charge in [0.1, 0.15) is 47.9 Å². The molecule has 6 atom stereocenters. The van der Waals surface area contributed by atoms with E-state index in [0.29, 0.717) is 17.4 Å². The van der Waals surface area contributed by atoms with Gasteiger partial charge in [-0.05, 0) is 67.3 Å². The predicted octanol–water partition coefficient (Wildman–Crippen LogP) is 2.00. The van der Waals surface area contributed by atoms with Gasteiger partial charge >= 0.3 is 17.9 Å². The molecular weight excluding hydrogens is 831 g/mol. The Bertz CT molecular complexity index is 2430. The van der Waals surface area contributed by atoms with Crippen molar-refractivity contribution in [3.63, 3.8) is 0 Å². The van der Waals surface area contributed by atoms with Crippen LogP contribution in [0.2, 0.25) is 0 Å². The number of Topliss-reactive ketones (excluding diaryl/α,β-unsaturated/α-hetero) is 1. The number of esters is 2. The highest BCUT2D eigenvalue weighted by molar-refractivity contribution is 6.09. The van der Waals surface area contributed by atoms with E-state index in [1.807, 2.05) is 0 Å². The molecule has 63 heavy (non-hydrogen) atoms. The molecule has 4 amide bonds. The van der Waals surface area contributed by atoms with E-state index >= 15 is 0 Å². The number of aromatic carboxylic acids is 1. The summed E-state index contributed by atoms with van der Waals surface area (Å²) < 4.78 is 28.3. The van der Waals surface area contributed by atoms with Crippen molar-refractivity contribution in [2.45, 2.75) is 76.7 Å². The number of ether oxygens (including phenoxy) is 2. The molecule has 1 heterocycles. The van der Waals surface area contributed by atoms with E-state index in [1.165, 1.54) is 54.6 Å². The number of phenolic OH excluding ortho intramolecular Hbond substituents is 1. The fraction of sp³-hybridized carbons (Fsp3) is 0.372. The van der Waals surface area contributed by atoms with Crippen LogP contribution in [0, 0.1) is 5.92 Å².